The van der Waals surface area contributed by atoms with Crippen molar-refractivity contribution in [3.8, 4) is 0 Å². The molecule has 0 aromatic heterocycles. The molecule has 0 bridgehead atoms. The number of carbonyl (C=O) groups is 1. The molecule has 13 heavy (non-hydrogen) atoms. The van der Waals surface area contributed by atoms with Crippen LogP contribution in [0.1, 0.15) is 20.8 Å². The maximum absolute atomic E-state index is 10.9. The van der Waals surface area contributed by atoms with Crippen molar-refractivity contribution in [2.75, 3.05) is 0 Å². The summed E-state index contributed by atoms with van der Waals surface area (Å²) in [6.07, 6.45) is 4.64. The van der Waals surface area contributed by atoms with E-state index in [-0.39, 0.29) is 11.3 Å². The molecule has 2 nitrogen and oxygen atoms in total. The van der Waals surface area contributed by atoms with Gasteiger partial charge >= 0.3 is 0 Å². The molecule has 0 heterocycles. The zero-order valence-electron chi connectivity index (χ0n) is 8.55. The highest BCUT2D eigenvalue weighted by molar-refractivity contribution is 5.87. The van der Waals surface area contributed by atoms with Gasteiger partial charge in [0.15, 0.2) is 0 Å². The van der Waals surface area contributed by atoms with Gasteiger partial charge in [0, 0.05) is 6.20 Å². The van der Waals surface area contributed by atoms with E-state index >= 15 is 0 Å². The summed E-state index contributed by atoms with van der Waals surface area (Å²) in [7, 11) is 0. The molecule has 0 aromatic rings. The normalized spacial score (nSPS) is 12.1. The van der Waals surface area contributed by atoms with Crippen molar-refractivity contribution in [1.82, 2.24) is 5.32 Å². The standard InChI is InChI=1S/C11H17NO/c1-6-9(11(3,4)5)8-12-10(13)7-2/h6-8H,1-2H2,3-5H3,(H,12,13)/b9-8+. The molecular weight excluding hydrogens is 162 g/mol. The fourth-order valence-electron chi connectivity index (χ4n) is 0.789. The molecule has 0 atom stereocenters. The van der Waals surface area contributed by atoms with Crippen LogP contribution in [0.4, 0.5) is 0 Å². The summed E-state index contributed by atoms with van der Waals surface area (Å²) >= 11 is 0. The highest BCUT2D eigenvalue weighted by Gasteiger charge is 2.13. The Balaban J connectivity index is 4.50. The second kappa shape index (κ2) is 4.65. The minimum absolute atomic E-state index is 0.00377. The molecule has 0 fully saturated rings. The summed E-state index contributed by atoms with van der Waals surface area (Å²) in [5.74, 6) is -0.205. The Kier molecular flexibility index (Phi) is 4.18. The number of hydrogen-bond acceptors (Lipinski definition) is 1. The smallest absolute Gasteiger partial charge is 0.247 e. The fraction of sp³-hybridized carbons (Fsp3) is 0.364. The van der Waals surface area contributed by atoms with E-state index in [0.717, 1.165) is 5.57 Å². The van der Waals surface area contributed by atoms with E-state index in [1.54, 1.807) is 12.3 Å². The molecule has 1 N–H and O–H groups in total. The number of amides is 1. The predicted molar refractivity (Wildman–Crippen MR) is 56.1 cm³/mol. The van der Waals surface area contributed by atoms with Gasteiger partial charge in [0.25, 0.3) is 0 Å². The monoisotopic (exact) mass is 179 g/mol. The van der Waals surface area contributed by atoms with Crippen LogP contribution in [0.2, 0.25) is 0 Å². The van der Waals surface area contributed by atoms with Crippen LogP contribution in [-0.4, -0.2) is 5.91 Å². The fourth-order valence-corrected chi connectivity index (χ4v) is 0.789. The Morgan fingerprint density at radius 3 is 2.08 bits per heavy atom. The average molecular weight is 179 g/mol. The lowest BCUT2D eigenvalue weighted by Crippen LogP contribution is -2.17. The van der Waals surface area contributed by atoms with Gasteiger partial charge in [-0.2, -0.15) is 0 Å². The highest BCUT2D eigenvalue weighted by atomic mass is 16.1. The summed E-state index contributed by atoms with van der Waals surface area (Å²) in [5, 5.41) is 2.60. The number of carbonyl (C=O) groups excluding carboxylic acids is 1. The van der Waals surface area contributed by atoms with Gasteiger partial charge in [-0.3, -0.25) is 4.79 Å². The zero-order valence-corrected chi connectivity index (χ0v) is 8.55. The third-order valence-corrected chi connectivity index (χ3v) is 1.64. The first kappa shape index (κ1) is 11.7. The zero-order chi connectivity index (χ0) is 10.5. The lowest BCUT2D eigenvalue weighted by atomic mass is 9.87. The molecule has 0 unspecified atom stereocenters. The molecule has 0 rings (SSSR count). The van der Waals surface area contributed by atoms with Crippen LogP contribution >= 0.6 is 0 Å². The molecule has 0 saturated carbocycles. The van der Waals surface area contributed by atoms with Crippen LogP contribution in [0.15, 0.2) is 37.1 Å². The SMILES string of the molecule is C=CC(=O)N/C=C(\C=C)C(C)(C)C. The van der Waals surface area contributed by atoms with Crippen molar-refractivity contribution < 1.29 is 4.79 Å². The number of hydrogen-bond donors (Lipinski definition) is 1. The Morgan fingerprint density at radius 1 is 1.23 bits per heavy atom. The molecular formula is C11H17NO. The third-order valence-electron chi connectivity index (χ3n) is 1.64. The van der Waals surface area contributed by atoms with Crippen LogP contribution in [0.5, 0.6) is 0 Å². The van der Waals surface area contributed by atoms with Crippen molar-refractivity contribution in [2.24, 2.45) is 5.41 Å². The summed E-state index contributed by atoms with van der Waals surface area (Å²) in [5.41, 5.74) is 0.985. The van der Waals surface area contributed by atoms with Gasteiger partial charge in [-0.15, -0.1) is 0 Å². The lowest BCUT2D eigenvalue weighted by Gasteiger charge is -2.19. The van der Waals surface area contributed by atoms with Gasteiger partial charge in [-0.25, -0.2) is 0 Å². The molecule has 1 amide bonds. The van der Waals surface area contributed by atoms with Gasteiger partial charge in [0.05, 0.1) is 0 Å². The van der Waals surface area contributed by atoms with E-state index in [4.69, 9.17) is 0 Å². The first-order valence-corrected chi connectivity index (χ1v) is 4.18. The molecule has 0 saturated heterocycles. The first-order chi connectivity index (χ1) is 5.91. The number of nitrogens with one attached hydrogen (secondary N) is 1. The second-order valence-corrected chi connectivity index (χ2v) is 3.77. The van der Waals surface area contributed by atoms with E-state index in [2.05, 4.69) is 39.2 Å². The molecule has 0 spiro atoms. The highest BCUT2D eigenvalue weighted by Crippen LogP contribution is 2.24. The second-order valence-electron chi connectivity index (χ2n) is 3.77. The minimum Gasteiger partial charge on any atom is -0.329 e. The molecule has 0 aromatic carbocycles. The minimum atomic E-state index is -0.205. The van der Waals surface area contributed by atoms with Crippen molar-refractivity contribution in [2.45, 2.75) is 20.8 Å². The average Bonchev–Trinajstić information content (AvgIpc) is 2.02. The third kappa shape index (κ3) is 4.31. The quantitative estimate of drug-likeness (QED) is 0.523. The van der Waals surface area contributed by atoms with Crippen molar-refractivity contribution in [3.05, 3.63) is 37.1 Å². The Labute approximate surface area is 80.0 Å². The Morgan fingerprint density at radius 2 is 1.77 bits per heavy atom. The molecule has 2 heteroatoms. The summed E-state index contributed by atoms with van der Waals surface area (Å²) in [6, 6.07) is 0. The molecule has 0 radical (unpaired) electrons. The Bertz CT molecular complexity index is 243. The van der Waals surface area contributed by atoms with Gasteiger partial charge in [-0.1, -0.05) is 40.0 Å². The van der Waals surface area contributed by atoms with E-state index in [9.17, 15) is 4.79 Å². The maximum Gasteiger partial charge on any atom is 0.247 e. The van der Waals surface area contributed by atoms with Crippen molar-refractivity contribution in [1.29, 1.82) is 0 Å². The van der Waals surface area contributed by atoms with Gasteiger partial charge in [-0.05, 0) is 17.1 Å². The van der Waals surface area contributed by atoms with E-state index < -0.39 is 0 Å². The van der Waals surface area contributed by atoms with Crippen LogP contribution in [0.3, 0.4) is 0 Å². The van der Waals surface area contributed by atoms with Gasteiger partial charge < -0.3 is 5.32 Å². The Hall–Kier alpha value is -1.31. The molecule has 0 aliphatic heterocycles. The summed E-state index contributed by atoms with van der Waals surface area (Å²) in [4.78, 5) is 10.9. The molecule has 72 valence electrons. The maximum atomic E-state index is 10.9. The molecule has 0 aliphatic rings. The predicted octanol–water partition coefficient (Wildman–Crippen LogP) is 2.40. The largest absolute Gasteiger partial charge is 0.329 e. The topological polar surface area (TPSA) is 29.1 Å². The molecule has 0 aliphatic carbocycles. The van der Waals surface area contributed by atoms with Crippen LogP contribution in [0.25, 0.3) is 0 Å². The lowest BCUT2D eigenvalue weighted by molar-refractivity contribution is -0.115. The number of allylic oxidation sites excluding steroid dienone is 2. The van der Waals surface area contributed by atoms with Gasteiger partial charge in [0.2, 0.25) is 5.91 Å². The first-order valence-electron chi connectivity index (χ1n) is 4.18. The van der Waals surface area contributed by atoms with Crippen LogP contribution < -0.4 is 5.32 Å². The number of rotatable bonds is 3. The van der Waals surface area contributed by atoms with Crippen LogP contribution in [-0.2, 0) is 4.79 Å². The summed E-state index contributed by atoms with van der Waals surface area (Å²) < 4.78 is 0. The van der Waals surface area contributed by atoms with E-state index in [0.29, 0.717) is 0 Å². The van der Waals surface area contributed by atoms with E-state index in [1.807, 2.05) is 0 Å². The van der Waals surface area contributed by atoms with Crippen molar-refractivity contribution >= 4 is 5.91 Å². The summed E-state index contributed by atoms with van der Waals surface area (Å²) in [6.45, 7) is 13.2. The van der Waals surface area contributed by atoms with E-state index in [1.165, 1.54) is 6.08 Å². The van der Waals surface area contributed by atoms with Crippen molar-refractivity contribution in [3.63, 3.8) is 0 Å². The van der Waals surface area contributed by atoms with Gasteiger partial charge in [0.1, 0.15) is 0 Å². The van der Waals surface area contributed by atoms with Crippen LogP contribution in [0, 0.1) is 5.41 Å².